The third kappa shape index (κ3) is 7.33. The number of ether oxygens (including phenoxy) is 2. The highest BCUT2D eigenvalue weighted by Crippen LogP contribution is 2.13. The Balaban J connectivity index is 2.24. The van der Waals surface area contributed by atoms with Gasteiger partial charge in [0.25, 0.3) is 0 Å². The van der Waals surface area contributed by atoms with E-state index in [2.05, 4.69) is 5.32 Å². The number of carboxylic acid groups (broad SMARTS) is 1. The van der Waals surface area contributed by atoms with Crippen LogP contribution in [0.2, 0.25) is 0 Å². The van der Waals surface area contributed by atoms with Gasteiger partial charge in [-0.3, -0.25) is 9.59 Å². The third-order valence-electron chi connectivity index (χ3n) is 2.77. The molecule has 0 aliphatic rings. The number of methoxy groups -OCH3 is 1. The van der Waals surface area contributed by atoms with E-state index in [-0.39, 0.29) is 11.7 Å². The summed E-state index contributed by atoms with van der Waals surface area (Å²) in [4.78, 5) is 22.1. The molecule has 1 atom stereocenters. The fourth-order valence-electron chi connectivity index (χ4n) is 1.61. The number of amides is 1. The minimum Gasteiger partial charge on any atom is -0.497 e. The Morgan fingerprint density at radius 3 is 2.86 bits per heavy atom. The zero-order valence-corrected chi connectivity index (χ0v) is 13.5. The minimum absolute atomic E-state index is 0.0394. The van der Waals surface area contributed by atoms with E-state index in [1.165, 1.54) is 11.8 Å². The Morgan fingerprint density at radius 1 is 1.41 bits per heavy atom. The lowest BCUT2D eigenvalue weighted by molar-refractivity contribution is -0.134. The molecule has 1 unspecified atom stereocenters. The molecule has 6 nitrogen and oxygen atoms in total. The number of benzene rings is 1. The fourth-order valence-corrected chi connectivity index (χ4v) is 2.17. The average molecular weight is 327 g/mol. The Hall–Kier alpha value is -1.73. The molecule has 0 aliphatic carbocycles. The number of carboxylic acids is 1. The van der Waals surface area contributed by atoms with E-state index < -0.39 is 12.1 Å². The first-order valence-electron chi connectivity index (χ1n) is 6.84. The molecule has 0 heterocycles. The quantitative estimate of drug-likeness (QED) is 0.634. The molecule has 122 valence electrons. The first-order chi connectivity index (χ1) is 10.5. The molecular formula is C15H21NO5S. The van der Waals surface area contributed by atoms with Gasteiger partial charge in [0, 0.05) is 12.3 Å². The SMILES string of the molecule is COc1cccc(COC(C)C(=O)NCCSCC(=O)O)c1. The Bertz CT molecular complexity index is 495. The number of nitrogens with one attached hydrogen (secondary N) is 1. The zero-order valence-electron chi connectivity index (χ0n) is 12.7. The summed E-state index contributed by atoms with van der Waals surface area (Å²) in [5.41, 5.74) is 0.927. The second-order valence-corrected chi connectivity index (χ2v) is 5.65. The fraction of sp³-hybridized carbons (Fsp3) is 0.467. The molecule has 1 aromatic carbocycles. The molecule has 22 heavy (non-hydrogen) atoms. The van der Waals surface area contributed by atoms with E-state index in [0.29, 0.717) is 18.9 Å². The molecule has 0 radical (unpaired) electrons. The number of carbonyl (C=O) groups is 2. The van der Waals surface area contributed by atoms with Gasteiger partial charge in [0.15, 0.2) is 0 Å². The molecule has 0 spiro atoms. The van der Waals surface area contributed by atoms with E-state index in [1.54, 1.807) is 14.0 Å². The first-order valence-corrected chi connectivity index (χ1v) is 8.00. The lowest BCUT2D eigenvalue weighted by atomic mass is 10.2. The van der Waals surface area contributed by atoms with Crippen LogP contribution in [0.4, 0.5) is 0 Å². The van der Waals surface area contributed by atoms with Crippen LogP contribution < -0.4 is 10.1 Å². The van der Waals surface area contributed by atoms with Crippen molar-refractivity contribution in [2.24, 2.45) is 0 Å². The largest absolute Gasteiger partial charge is 0.497 e. The molecule has 0 aliphatic heterocycles. The lowest BCUT2D eigenvalue weighted by Crippen LogP contribution is -2.35. The summed E-state index contributed by atoms with van der Waals surface area (Å²) >= 11 is 1.26. The van der Waals surface area contributed by atoms with Crippen molar-refractivity contribution in [2.45, 2.75) is 19.6 Å². The van der Waals surface area contributed by atoms with Crippen LogP contribution in [0.25, 0.3) is 0 Å². The summed E-state index contributed by atoms with van der Waals surface area (Å²) in [6, 6.07) is 7.46. The average Bonchev–Trinajstić information content (AvgIpc) is 2.51. The smallest absolute Gasteiger partial charge is 0.313 e. The predicted molar refractivity (Wildman–Crippen MR) is 85.2 cm³/mol. The van der Waals surface area contributed by atoms with Crippen LogP contribution in [-0.4, -0.2) is 48.2 Å². The van der Waals surface area contributed by atoms with Crippen molar-refractivity contribution in [1.29, 1.82) is 0 Å². The highest BCUT2D eigenvalue weighted by atomic mass is 32.2. The summed E-state index contributed by atoms with van der Waals surface area (Å²) in [6.45, 7) is 2.42. The minimum atomic E-state index is -0.855. The molecular weight excluding hydrogens is 306 g/mol. The lowest BCUT2D eigenvalue weighted by Gasteiger charge is -2.13. The predicted octanol–water partition coefficient (Wildman–Crippen LogP) is 1.53. The molecule has 1 amide bonds. The molecule has 0 aromatic heterocycles. The Labute approximate surface area is 134 Å². The summed E-state index contributed by atoms with van der Waals surface area (Å²) in [5, 5.41) is 11.2. The molecule has 0 saturated carbocycles. The molecule has 1 rings (SSSR count). The van der Waals surface area contributed by atoms with Crippen molar-refractivity contribution in [3.63, 3.8) is 0 Å². The molecule has 0 fully saturated rings. The molecule has 7 heteroatoms. The monoisotopic (exact) mass is 327 g/mol. The zero-order chi connectivity index (χ0) is 16.4. The van der Waals surface area contributed by atoms with Crippen LogP contribution in [0, 0.1) is 0 Å². The standard InChI is InChI=1S/C15H21NO5S/c1-11(15(19)16-6-7-22-10-14(17)18)21-9-12-4-3-5-13(8-12)20-2/h3-5,8,11H,6-7,9-10H2,1-2H3,(H,16,19)(H,17,18). The van der Waals surface area contributed by atoms with Crippen molar-refractivity contribution in [2.75, 3.05) is 25.2 Å². The summed E-state index contributed by atoms with van der Waals surface area (Å²) in [7, 11) is 1.60. The van der Waals surface area contributed by atoms with E-state index in [0.717, 1.165) is 11.3 Å². The van der Waals surface area contributed by atoms with Gasteiger partial charge in [0.05, 0.1) is 19.5 Å². The van der Waals surface area contributed by atoms with Crippen molar-refractivity contribution in [1.82, 2.24) is 5.32 Å². The maximum Gasteiger partial charge on any atom is 0.313 e. The van der Waals surface area contributed by atoms with Crippen LogP contribution in [0.3, 0.4) is 0 Å². The number of thioether (sulfide) groups is 1. The summed E-state index contributed by atoms with van der Waals surface area (Å²) < 4.78 is 10.6. The second kappa shape index (κ2) is 10.1. The Kier molecular flexibility index (Phi) is 8.39. The highest BCUT2D eigenvalue weighted by molar-refractivity contribution is 7.99. The van der Waals surface area contributed by atoms with Crippen LogP contribution >= 0.6 is 11.8 Å². The number of hydrogen-bond acceptors (Lipinski definition) is 5. The van der Waals surface area contributed by atoms with Crippen LogP contribution in [0.1, 0.15) is 12.5 Å². The highest BCUT2D eigenvalue weighted by Gasteiger charge is 2.13. The second-order valence-electron chi connectivity index (χ2n) is 4.54. The maximum atomic E-state index is 11.8. The topological polar surface area (TPSA) is 84.9 Å². The van der Waals surface area contributed by atoms with Gasteiger partial charge in [-0.25, -0.2) is 0 Å². The van der Waals surface area contributed by atoms with Gasteiger partial charge >= 0.3 is 5.97 Å². The Morgan fingerprint density at radius 2 is 2.18 bits per heavy atom. The summed E-state index contributed by atoms with van der Waals surface area (Å²) in [5.74, 6) is 0.275. The van der Waals surface area contributed by atoms with Crippen LogP contribution in [-0.2, 0) is 20.9 Å². The maximum absolute atomic E-state index is 11.8. The van der Waals surface area contributed by atoms with E-state index in [1.807, 2.05) is 24.3 Å². The summed E-state index contributed by atoms with van der Waals surface area (Å²) in [6.07, 6.45) is -0.573. The van der Waals surface area contributed by atoms with Crippen molar-refractivity contribution >= 4 is 23.6 Å². The van der Waals surface area contributed by atoms with Gasteiger partial charge in [-0.05, 0) is 24.6 Å². The normalized spacial score (nSPS) is 11.7. The van der Waals surface area contributed by atoms with Gasteiger partial charge in [0.1, 0.15) is 11.9 Å². The van der Waals surface area contributed by atoms with Gasteiger partial charge in [-0.15, -0.1) is 11.8 Å². The number of carbonyl (C=O) groups excluding carboxylic acids is 1. The van der Waals surface area contributed by atoms with E-state index in [4.69, 9.17) is 14.6 Å². The third-order valence-corrected chi connectivity index (χ3v) is 3.72. The first kappa shape index (κ1) is 18.3. The number of hydrogen-bond donors (Lipinski definition) is 2. The molecule has 0 bridgehead atoms. The van der Waals surface area contributed by atoms with E-state index >= 15 is 0 Å². The molecule has 1 aromatic rings. The number of aliphatic carboxylic acids is 1. The molecule has 0 saturated heterocycles. The van der Waals surface area contributed by atoms with Crippen LogP contribution in [0.5, 0.6) is 5.75 Å². The van der Waals surface area contributed by atoms with Crippen LogP contribution in [0.15, 0.2) is 24.3 Å². The van der Waals surface area contributed by atoms with Crippen molar-refractivity contribution in [3.05, 3.63) is 29.8 Å². The van der Waals surface area contributed by atoms with Gasteiger partial charge in [0.2, 0.25) is 5.91 Å². The van der Waals surface area contributed by atoms with Gasteiger partial charge in [-0.1, -0.05) is 12.1 Å². The van der Waals surface area contributed by atoms with Crippen molar-refractivity contribution in [3.8, 4) is 5.75 Å². The van der Waals surface area contributed by atoms with Gasteiger partial charge in [-0.2, -0.15) is 0 Å². The molecule has 2 N–H and O–H groups in total. The van der Waals surface area contributed by atoms with E-state index in [9.17, 15) is 9.59 Å². The van der Waals surface area contributed by atoms with Crippen molar-refractivity contribution < 1.29 is 24.2 Å². The van der Waals surface area contributed by atoms with Gasteiger partial charge < -0.3 is 19.9 Å². The number of rotatable bonds is 10.